The highest BCUT2D eigenvalue weighted by atomic mass is 16.6. The van der Waals surface area contributed by atoms with Crippen molar-refractivity contribution in [2.75, 3.05) is 17.2 Å². The zero-order chi connectivity index (χ0) is 13.7. The Morgan fingerprint density at radius 3 is 2.53 bits per heavy atom. The van der Waals surface area contributed by atoms with Gasteiger partial charge in [-0.05, 0) is 31.2 Å². The first-order valence-corrected chi connectivity index (χ1v) is 6.00. The van der Waals surface area contributed by atoms with Crippen LogP contribution in [0.3, 0.4) is 0 Å². The minimum absolute atomic E-state index is 0.0518. The molecule has 0 atom stereocenters. The first-order valence-electron chi connectivity index (χ1n) is 6.00. The van der Waals surface area contributed by atoms with Gasteiger partial charge in [0, 0.05) is 6.54 Å². The fraction of sp³-hybridized carbons (Fsp3) is 0.231. The van der Waals surface area contributed by atoms with Gasteiger partial charge in [-0.2, -0.15) is 0 Å². The van der Waals surface area contributed by atoms with Crippen LogP contribution in [0, 0.1) is 10.1 Å². The molecule has 6 heteroatoms. The van der Waals surface area contributed by atoms with Gasteiger partial charge in [-0.15, -0.1) is 0 Å². The predicted molar refractivity (Wildman–Crippen MR) is 73.3 cm³/mol. The summed E-state index contributed by atoms with van der Waals surface area (Å²) in [5.74, 6) is 0.725. The Balaban J connectivity index is 2.23. The average Bonchev–Trinajstić information content (AvgIpc) is 2.89. The molecule has 1 heterocycles. The summed E-state index contributed by atoms with van der Waals surface area (Å²) in [7, 11) is 0. The molecule has 2 N–H and O–H groups in total. The molecule has 2 rings (SSSR count). The Labute approximate surface area is 110 Å². The van der Waals surface area contributed by atoms with Crippen molar-refractivity contribution in [3.63, 3.8) is 0 Å². The van der Waals surface area contributed by atoms with E-state index in [1.165, 1.54) is 0 Å². The summed E-state index contributed by atoms with van der Waals surface area (Å²) in [5, 5.41) is 17.2. The van der Waals surface area contributed by atoms with Gasteiger partial charge < -0.3 is 15.1 Å². The summed E-state index contributed by atoms with van der Waals surface area (Å²) in [6.45, 7) is 2.93. The number of benzene rings is 1. The number of anilines is 2. The average molecular weight is 261 g/mol. The van der Waals surface area contributed by atoms with Crippen molar-refractivity contribution in [1.29, 1.82) is 0 Å². The third-order valence-electron chi connectivity index (χ3n) is 2.62. The third-order valence-corrected chi connectivity index (χ3v) is 2.62. The van der Waals surface area contributed by atoms with Gasteiger partial charge in [0.25, 0.3) is 0 Å². The molecular weight excluding hydrogens is 246 g/mol. The lowest BCUT2D eigenvalue weighted by Crippen LogP contribution is -2.06. The molecule has 6 nitrogen and oxygen atoms in total. The minimum Gasteiger partial charge on any atom is -0.467 e. The van der Waals surface area contributed by atoms with Gasteiger partial charge in [0.2, 0.25) is 0 Å². The molecule has 0 saturated heterocycles. The van der Waals surface area contributed by atoms with E-state index >= 15 is 0 Å². The van der Waals surface area contributed by atoms with Crippen molar-refractivity contribution in [3.05, 3.63) is 52.5 Å². The smallest absolute Gasteiger partial charge is 0.315 e. The molecule has 0 bridgehead atoms. The molecule has 0 radical (unpaired) electrons. The van der Waals surface area contributed by atoms with Crippen LogP contribution in [-0.4, -0.2) is 11.5 Å². The number of para-hydroxylation sites is 1. The van der Waals surface area contributed by atoms with E-state index in [1.54, 1.807) is 30.5 Å². The monoisotopic (exact) mass is 261 g/mol. The van der Waals surface area contributed by atoms with Gasteiger partial charge in [0.15, 0.2) is 0 Å². The van der Waals surface area contributed by atoms with Crippen LogP contribution in [0.2, 0.25) is 0 Å². The number of nitrogens with one attached hydrogen (secondary N) is 2. The summed E-state index contributed by atoms with van der Waals surface area (Å²) >= 11 is 0. The van der Waals surface area contributed by atoms with Crippen LogP contribution in [0.1, 0.15) is 12.7 Å². The van der Waals surface area contributed by atoms with Crippen LogP contribution >= 0.6 is 0 Å². The lowest BCUT2D eigenvalue weighted by Gasteiger charge is -2.09. The maximum Gasteiger partial charge on any atom is 0.315 e. The van der Waals surface area contributed by atoms with Gasteiger partial charge >= 0.3 is 5.69 Å². The van der Waals surface area contributed by atoms with Crippen molar-refractivity contribution >= 4 is 17.1 Å². The van der Waals surface area contributed by atoms with Crippen molar-refractivity contribution in [3.8, 4) is 0 Å². The largest absolute Gasteiger partial charge is 0.467 e. The molecule has 19 heavy (non-hydrogen) atoms. The van der Waals surface area contributed by atoms with Crippen LogP contribution in [0.4, 0.5) is 17.1 Å². The second kappa shape index (κ2) is 5.90. The molecule has 0 aliphatic carbocycles. The van der Waals surface area contributed by atoms with E-state index in [0.717, 1.165) is 5.76 Å². The first-order chi connectivity index (χ1) is 9.22. The Bertz CT molecular complexity index is 552. The second-order valence-electron chi connectivity index (χ2n) is 3.92. The van der Waals surface area contributed by atoms with Crippen LogP contribution in [0.5, 0.6) is 0 Å². The molecule has 1 aromatic carbocycles. The molecule has 0 spiro atoms. The van der Waals surface area contributed by atoms with Crippen LogP contribution in [0.25, 0.3) is 0 Å². The highest BCUT2D eigenvalue weighted by Gasteiger charge is 2.19. The maximum atomic E-state index is 11.2. The molecule has 100 valence electrons. The lowest BCUT2D eigenvalue weighted by molar-refractivity contribution is -0.383. The molecule has 0 saturated carbocycles. The lowest BCUT2D eigenvalue weighted by atomic mass is 10.2. The first kappa shape index (κ1) is 12.9. The molecule has 0 amide bonds. The Morgan fingerprint density at radius 1 is 1.21 bits per heavy atom. The van der Waals surface area contributed by atoms with E-state index in [-0.39, 0.29) is 10.6 Å². The number of nitro groups is 1. The Morgan fingerprint density at radius 2 is 1.95 bits per heavy atom. The summed E-state index contributed by atoms with van der Waals surface area (Å²) in [4.78, 5) is 10.8. The number of nitro benzene ring substituents is 1. The van der Waals surface area contributed by atoms with Gasteiger partial charge in [0.05, 0.1) is 17.7 Å². The number of hydrogen-bond acceptors (Lipinski definition) is 5. The Hall–Kier alpha value is -2.50. The quantitative estimate of drug-likeness (QED) is 0.616. The normalized spacial score (nSPS) is 10.2. The molecule has 0 aliphatic heterocycles. The minimum atomic E-state index is -0.386. The van der Waals surface area contributed by atoms with Gasteiger partial charge in [-0.1, -0.05) is 6.07 Å². The molecule has 1 aromatic heterocycles. The highest BCUT2D eigenvalue weighted by Crippen LogP contribution is 2.32. The summed E-state index contributed by atoms with van der Waals surface area (Å²) in [6.07, 6.45) is 1.57. The maximum absolute atomic E-state index is 11.2. The van der Waals surface area contributed by atoms with Gasteiger partial charge in [-0.3, -0.25) is 10.1 Å². The third kappa shape index (κ3) is 3.04. The predicted octanol–water partition coefficient (Wildman–Crippen LogP) is 3.23. The summed E-state index contributed by atoms with van der Waals surface area (Å²) in [6, 6.07) is 8.74. The van der Waals surface area contributed by atoms with Crippen molar-refractivity contribution in [2.24, 2.45) is 0 Å². The fourth-order valence-electron chi connectivity index (χ4n) is 1.81. The van der Waals surface area contributed by atoms with Crippen LogP contribution in [-0.2, 0) is 6.54 Å². The second-order valence-corrected chi connectivity index (χ2v) is 3.92. The standard InChI is InChI=1S/C13H15N3O3/c1-2-14-11-6-3-7-12(13(11)16(17)18)15-9-10-5-4-8-19-10/h3-8,14-15H,2,9H2,1H3. The van der Waals surface area contributed by atoms with E-state index in [4.69, 9.17) is 4.42 Å². The van der Waals surface area contributed by atoms with Gasteiger partial charge in [0.1, 0.15) is 17.1 Å². The number of hydrogen-bond donors (Lipinski definition) is 2. The summed E-state index contributed by atoms with van der Waals surface area (Å²) in [5.41, 5.74) is 1.03. The van der Waals surface area contributed by atoms with Crippen LogP contribution in [0.15, 0.2) is 41.0 Å². The van der Waals surface area contributed by atoms with Crippen molar-refractivity contribution in [1.82, 2.24) is 0 Å². The Kier molecular flexibility index (Phi) is 4.02. The van der Waals surface area contributed by atoms with Crippen molar-refractivity contribution in [2.45, 2.75) is 13.5 Å². The van der Waals surface area contributed by atoms with E-state index in [1.807, 2.05) is 13.0 Å². The zero-order valence-corrected chi connectivity index (χ0v) is 10.6. The van der Waals surface area contributed by atoms with E-state index in [9.17, 15) is 10.1 Å². The number of furan rings is 1. The molecule has 0 aliphatic rings. The molecule has 0 fully saturated rings. The van der Waals surface area contributed by atoms with E-state index in [2.05, 4.69) is 10.6 Å². The fourth-order valence-corrected chi connectivity index (χ4v) is 1.81. The number of nitrogens with zero attached hydrogens (tertiary/aromatic N) is 1. The van der Waals surface area contributed by atoms with Crippen molar-refractivity contribution < 1.29 is 9.34 Å². The number of rotatable bonds is 6. The van der Waals surface area contributed by atoms with Crippen LogP contribution < -0.4 is 10.6 Å². The molecule has 2 aromatic rings. The van der Waals surface area contributed by atoms with E-state index < -0.39 is 0 Å². The van der Waals surface area contributed by atoms with E-state index in [0.29, 0.717) is 24.5 Å². The molecular formula is C13H15N3O3. The highest BCUT2D eigenvalue weighted by molar-refractivity contribution is 5.76. The topological polar surface area (TPSA) is 80.3 Å². The summed E-state index contributed by atoms with van der Waals surface area (Å²) < 4.78 is 5.19. The van der Waals surface area contributed by atoms with Gasteiger partial charge in [-0.25, -0.2) is 0 Å². The molecule has 0 unspecified atom stereocenters. The SMILES string of the molecule is CCNc1cccc(NCc2ccco2)c1[N+](=O)[O-]. The zero-order valence-electron chi connectivity index (χ0n) is 10.6.